The molecule has 1 aromatic carbocycles. The van der Waals surface area contributed by atoms with Crippen LogP contribution in [0.3, 0.4) is 0 Å². The number of rotatable bonds is 6. The maximum atomic E-state index is 13.9. The average Bonchev–Trinajstić information content (AvgIpc) is 2.43. The van der Waals surface area contributed by atoms with Crippen molar-refractivity contribution in [2.24, 2.45) is 5.92 Å². The summed E-state index contributed by atoms with van der Waals surface area (Å²) in [6, 6.07) is 6.14. The number of halogens is 1. The molecule has 3 unspecified atom stereocenters. The Balaban J connectivity index is 2.73. The summed E-state index contributed by atoms with van der Waals surface area (Å²) in [7, 11) is 0. The molecule has 3 atom stereocenters. The van der Waals surface area contributed by atoms with Gasteiger partial charge in [-0.3, -0.25) is 0 Å². The van der Waals surface area contributed by atoms with Gasteiger partial charge in [0.1, 0.15) is 5.82 Å². The smallest absolute Gasteiger partial charge is 0.129 e. The molecule has 0 amide bonds. The van der Waals surface area contributed by atoms with Crippen LogP contribution in [0.4, 0.5) is 4.39 Å². The highest BCUT2D eigenvalue weighted by Gasteiger charge is 2.27. The van der Waals surface area contributed by atoms with Gasteiger partial charge in [0.05, 0.1) is 17.2 Å². The number of hydrogen-bond donors (Lipinski definition) is 2. The topological polar surface area (TPSA) is 56.0 Å². The van der Waals surface area contributed by atoms with E-state index in [1.807, 2.05) is 26.8 Å². The normalized spacial score (nSPS) is 17.1. The molecule has 0 fully saturated rings. The molecule has 110 valence electrons. The van der Waals surface area contributed by atoms with Gasteiger partial charge in [0.25, 0.3) is 0 Å². The van der Waals surface area contributed by atoms with Crippen LogP contribution in [0.25, 0.3) is 0 Å². The van der Waals surface area contributed by atoms with E-state index in [4.69, 9.17) is 5.26 Å². The van der Waals surface area contributed by atoms with Crippen LogP contribution in [0.1, 0.15) is 51.3 Å². The molecule has 0 bridgehead atoms. The van der Waals surface area contributed by atoms with Crippen LogP contribution < -0.4 is 5.32 Å². The summed E-state index contributed by atoms with van der Waals surface area (Å²) >= 11 is 0. The maximum Gasteiger partial charge on any atom is 0.129 e. The zero-order valence-electron chi connectivity index (χ0n) is 12.6. The molecule has 0 spiro atoms. The molecule has 3 nitrogen and oxygen atoms in total. The molecule has 0 aliphatic heterocycles. The summed E-state index contributed by atoms with van der Waals surface area (Å²) in [5, 5.41) is 22.2. The van der Waals surface area contributed by atoms with E-state index < -0.39 is 11.4 Å². The van der Waals surface area contributed by atoms with E-state index >= 15 is 0 Å². The second kappa shape index (κ2) is 6.83. The highest BCUT2D eigenvalue weighted by molar-refractivity contribution is 5.34. The lowest BCUT2D eigenvalue weighted by Crippen LogP contribution is -2.43. The Morgan fingerprint density at radius 3 is 2.60 bits per heavy atom. The maximum absolute atomic E-state index is 13.9. The van der Waals surface area contributed by atoms with Crippen LogP contribution in [0.15, 0.2) is 18.2 Å². The molecule has 0 aromatic heterocycles. The molecule has 4 heteroatoms. The lowest BCUT2D eigenvalue weighted by Gasteiger charge is -2.31. The summed E-state index contributed by atoms with van der Waals surface area (Å²) in [5.74, 6) is -0.236. The molecule has 1 aromatic rings. The van der Waals surface area contributed by atoms with Crippen LogP contribution in [0, 0.1) is 23.1 Å². The van der Waals surface area contributed by atoms with E-state index in [1.165, 1.54) is 6.07 Å². The van der Waals surface area contributed by atoms with E-state index in [9.17, 15) is 9.50 Å². The van der Waals surface area contributed by atoms with Gasteiger partial charge in [-0.15, -0.1) is 0 Å². The van der Waals surface area contributed by atoms with Crippen molar-refractivity contribution in [2.75, 3.05) is 6.54 Å². The van der Waals surface area contributed by atoms with Crippen LogP contribution in [-0.4, -0.2) is 17.3 Å². The van der Waals surface area contributed by atoms with Crippen molar-refractivity contribution < 1.29 is 9.50 Å². The minimum absolute atomic E-state index is 0.160. The van der Waals surface area contributed by atoms with Crippen LogP contribution in [-0.2, 0) is 0 Å². The predicted molar refractivity (Wildman–Crippen MR) is 77.6 cm³/mol. The second-order valence-corrected chi connectivity index (χ2v) is 5.62. The third-order valence-corrected chi connectivity index (χ3v) is 4.04. The number of nitrogens with one attached hydrogen (secondary N) is 1. The van der Waals surface area contributed by atoms with Crippen molar-refractivity contribution in [1.82, 2.24) is 5.32 Å². The SMILES string of the molecule is CCC(C)C(C)(O)CNC(C)c1ccc(C#N)cc1F. The average molecular weight is 278 g/mol. The monoisotopic (exact) mass is 278 g/mol. The Morgan fingerprint density at radius 1 is 1.45 bits per heavy atom. The van der Waals surface area contributed by atoms with Crippen molar-refractivity contribution in [3.8, 4) is 6.07 Å². The largest absolute Gasteiger partial charge is 0.389 e. The Labute approximate surface area is 120 Å². The van der Waals surface area contributed by atoms with E-state index in [1.54, 1.807) is 19.1 Å². The van der Waals surface area contributed by atoms with Gasteiger partial charge < -0.3 is 10.4 Å². The van der Waals surface area contributed by atoms with Crippen LogP contribution in [0.2, 0.25) is 0 Å². The van der Waals surface area contributed by atoms with Crippen LogP contribution >= 0.6 is 0 Å². The number of aliphatic hydroxyl groups is 1. The molecule has 0 aliphatic rings. The van der Waals surface area contributed by atoms with Gasteiger partial charge >= 0.3 is 0 Å². The Morgan fingerprint density at radius 2 is 2.10 bits per heavy atom. The lowest BCUT2D eigenvalue weighted by molar-refractivity contribution is 0.00357. The molecule has 20 heavy (non-hydrogen) atoms. The molecule has 0 radical (unpaired) electrons. The third kappa shape index (κ3) is 4.03. The molecular weight excluding hydrogens is 255 g/mol. The highest BCUT2D eigenvalue weighted by Crippen LogP contribution is 2.22. The fourth-order valence-corrected chi connectivity index (χ4v) is 2.03. The minimum atomic E-state index is -0.827. The van der Waals surface area contributed by atoms with Crippen molar-refractivity contribution in [1.29, 1.82) is 5.26 Å². The lowest BCUT2D eigenvalue weighted by atomic mass is 9.88. The number of nitrogens with zero attached hydrogens (tertiary/aromatic N) is 1. The number of benzene rings is 1. The Kier molecular flexibility index (Phi) is 5.67. The van der Waals surface area contributed by atoms with E-state index in [2.05, 4.69) is 5.32 Å². The van der Waals surface area contributed by atoms with Crippen molar-refractivity contribution in [3.63, 3.8) is 0 Å². The first-order valence-corrected chi connectivity index (χ1v) is 6.97. The third-order valence-electron chi connectivity index (χ3n) is 4.04. The van der Waals surface area contributed by atoms with Gasteiger partial charge in [-0.1, -0.05) is 26.3 Å². The predicted octanol–water partition coefficient (Wildman–Crippen LogP) is 3.15. The van der Waals surface area contributed by atoms with Gasteiger partial charge in [0.2, 0.25) is 0 Å². The zero-order chi connectivity index (χ0) is 15.3. The fraction of sp³-hybridized carbons (Fsp3) is 0.562. The fourth-order valence-electron chi connectivity index (χ4n) is 2.03. The van der Waals surface area contributed by atoms with Gasteiger partial charge in [0, 0.05) is 18.2 Å². The molecule has 0 saturated heterocycles. The first kappa shape index (κ1) is 16.6. The van der Waals surface area contributed by atoms with Gasteiger partial charge in [-0.25, -0.2) is 4.39 Å². The highest BCUT2D eigenvalue weighted by atomic mass is 19.1. The molecule has 1 rings (SSSR count). The van der Waals surface area contributed by atoms with Crippen molar-refractivity contribution >= 4 is 0 Å². The van der Waals surface area contributed by atoms with Gasteiger partial charge in [-0.2, -0.15) is 5.26 Å². The summed E-state index contributed by atoms with van der Waals surface area (Å²) < 4.78 is 13.9. The minimum Gasteiger partial charge on any atom is -0.389 e. The molecule has 0 saturated carbocycles. The standard InChI is InChI=1S/C16H23FN2O/c1-5-11(2)16(4,20)10-19-12(3)14-7-6-13(9-18)8-15(14)17/h6-8,11-12,19-20H,5,10H2,1-4H3. The van der Waals surface area contributed by atoms with Crippen molar-refractivity contribution in [3.05, 3.63) is 35.1 Å². The summed E-state index contributed by atoms with van der Waals surface area (Å²) in [5.41, 5.74) is -0.0134. The Bertz CT molecular complexity index is 494. The molecule has 0 aliphatic carbocycles. The van der Waals surface area contributed by atoms with Crippen molar-refractivity contribution in [2.45, 2.75) is 45.8 Å². The summed E-state index contributed by atoms with van der Waals surface area (Å²) in [4.78, 5) is 0. The molecular formula is C16H23FN2O. The summed E-state index contributed by atoms with van der Waals surface area (Å²) in [6.45, 7) is 8.05. The van der Waals surface area contributed by atoms with Crippen LogP contribution in [0.5, 0.6) is 0 Å². The first-order chi connectivity index (χ1) is 9.31. The van der Waals surface area contributed by atoms with E-state index in [0.717, 1.165) is 6.42 Å². The second-order valence-electron chi connectivity index (χ2n) is 5.62. The quantitative estimate of drug-likeness (QED) is 0.840. The number of hydrogen-bond acceptors (Lipinski definition) is 3. The zero-order valence-corrected chi connectivity index (χ0v) is 12.6. The van der Waals surface area contributed by atoms with Gasteiger partial charge in [0.15, 0.2) is 0 Å². The van der Waals surface area contributed by atoms with E-state index in [0.29, 0.717) is 17.7 Å². The van der Waals surface area contributed by atoms with E-state index in [-0.39, 0.29) is 12.0 Å². The summed E-state index contributed by atoms with van der Waals surface area (Å²) in [6.07, 6.45) is 0.883. The number of nitriles is 1. The first-order valence-electron chi connectivity index (χ1n) is 6.97. The molecule has 0 heterocycles. The molecule has 2 N–H and O–H groups in total. The Hall–Kier alpha value is -1.44. The van der Waals surface area contributed by atoms with Gasteiger partial charge in [-0.05, 0) is 31.9 Å².